The third-order valence-corrected chi connectivity index (χ3v) is 3.73. The molecule has 2 heterocycles. The predicted molar refractivity (Wildman–Crippen MR) is 69.1 cm³/mol. The number of nitrogens with zero attached hydrogens (tertiary/aromatic N) is 3. The normalized spacial score (nSPS) is 21.0. The lowest BCUT2D eigenvalue weighted by Crippen LogP contribution is -2.49. The lowest BCUT2D eigenvalue weighted by Gasteiger charge is -2.34. The Morgan fingerprint density at radius 2 is 2.00 bits per heavy atom. The van der Waals surface area contributed by atoms with Crippen LogP contribution in [0.5, 0.6) is 0 Å². The largest absolute Gasteiger partial charge is 0.383 e. The Morgan fingerprint density at radius 3 is 2.61 bits per heavy atom. The average molecular weight is 246 g/mol. The molecule has 0 bridgehead atoms. The van der Waals surface area contributed by atoms with Crippen LogP contribution in [0.3, 0.4) is 0 Å². The fourth-order valence-electron chi connectivity index (χ4n) is 2.50. The first kappa shape index (κ1) is 11.5. The molecule has 5 nitrogen and oxygen atoms in total. The van der Waals surface area contributed by atoms with E-state index in [1.165, 1.54) is 12.8 Å². The van der Waals surface area contributed by atoms with Gasteiger partial charge in [-0.2, -0.15) is 0 Å². The van der Waals surface area contributed by atoms with Crippen molar-refractivity contribution in [3.05, 3.63) is 23.9 Å². The number of carbonyl (C=O) groups is 1. The number of nitrogen functional groups attached to an aromatic ring is 1. The van der Waals surface area contributed by atoms with E-state index in [1.54, 1.807) is 18.3 Å². The van der Waals surface area contributed by atoms with Crippen LogP contribution in [0.1, 0.15) is 23.2 Å². The molecule has 1 aliphatic carbocycles. The standard InChI is InChI=1S/C13H18N4O/c14-12-11(2-1-5-15-12)13(18)17-8-6-16(7-9-17)10-3-4-10/h1-2,5,10H,3-4,6-9H2,(H2,14,15). The molecule has 5 heteroatoms. The number of aromatic nitrogens is 1. The quantitative estimate of drug-likeness (QED) is 0.829. The van der Waals surface area contributed by atoms with Crippen LogP contribution >= 0.6 is 0 Å². The van der Waals surface area contributed by atoms with Gasteiger partial charge in [-0.1, -0.05) is 0 Å². The zero-order valence-electron chi connectivity index (χ0n) is 10.4. The molecule has 1 amide bonds. The van der Waals surface area contributed by atoms with Gasteiger partial charge >= 0.3 is 0 Å². The minimum absolute atomic E-state index is 0.0102. The molecule has 1 saturated carbocycles. The van der Waals surface area contributed by atoms with Crippen molar-refractivity contribution in [1.82, 2.24) is 14.8 Å². The molecule has 1 aliphatic heterocycles. The highest BCUT2D eigenvalue weighted by molar-refractivity contribution is 5.98. The van der Waals surface area contributed by atoms with Gasteiger partial charge in [-0.05, 0) is 25.0 Å². The van der Waals surface area contributed by atoms with E-state index in [-0.39, 0.29) is 5.91 Å². The van der Waals surface area contributed by atoms with Crippen LogP contribution in [0.15, 0.2) is 18.3 Å². The fraction of sp³-hybridized carbons (Fsp3) is 0.538. The highest BCUT2D eigenvalue weighted by atomic mass is 16.2. The van der Waals surface area contributed by atoms with Gasteiger partial charge in [0, 0.05) is 38.4 Å². The van der Waals surface area contributed by atoms with Gasteiger partial charge in [-0.25, -0.2) is 4.98 Å². The molecule has 1 aromatic heterocycles. The van der Waals surface area contributed by atoms with Crippen molar-refractivity contribution in [2.24, 2.45) is 0 Å². The van der Waals surface area contributed by atoms with Crippen molar-refractivity contribution < 1.29 is 4.79 Å². The fourth-order valence-corrected chi connectivity index (χ4v) is 2.50. The van der Waals surface area contributed by atoms with Gasteiger partial charge in [0.15, 0.2) is 0 Å². The molecule has 2 aliphatic rings. The van der Waals surface area contributed by atoms with E-state index in [0.29, 0.717) is 11.4 Å². The van der Waals surface area contributed by atoms with Gasteiger partial charge < -0.3 is 10.6 Å². The number of anilines is 1. The minimum atomic E-state index is 0.0102. The number of carbonyl (C=O) groups excluding carboxylic acids is 1. The Morgan fingerprint density at radius 1 is 1.28 bits per heavy atom. The maximum absolute atomic E-state index is 12.3. The van der Waals surface area contributed by atoms with Crippen molar-refractivity contribution in [1.29, 1.82) is 0 Å². The summed E-state index contributed by atoms with van der Waals surface area (Å²) in [6.07, 6.45) is 4.25. The number of nitrogens with two attached hydrogens (primary N) is 1. The molecule has 0 aromatic carbocycles. The number of pyridine rings is 1. The number of hydrogen-bond donors (Lipinski definition) is 1. The smallest absolute Gasteiger partial charge is 0.257 e. The lowest BCUT2D eigenvalue weighted by atomic mass is 10.2. The van der Waals surface area contributed by atoms with Crippen LogP contribution in [0.2, 0.25) is 0 Å². The third kappa shape index (κ3) is 2.18. The molecular formula is C13H18N4O. The molecule has 1 aromatic rings. The van der Waals surface area contributed by atoms with Gasteiger partial charge in [0.25, 0.3) is 5.91 Å². The van der Waals surface area contributed by atoms with E-state index in [4.69, 9.17) is 5.73 Å². The summed E-state index contributed by atoms with van der Waals surface area (Å²) >= 11 is 0. The second-order valence-electron chi connectivity index (χ2n) is 5.00. The number of amides is 1. The van der Waals surface area contributed by atoms with Crippen molar-refractivity contribution in [3.8, 4) is 0 Å². The number of rotatable bonds is 2. The maximum atomic E-state index is 12.3. The van der Waals surface area contributed by atoms with Gasteiger partial charge in [-0.15, -0.1) is 0 Å². The summed E-state index contributed by atoms with van der Waals surface area (Å²) in [5.74, 6) is 0.336. The zero-order valence-corrected chi connectivity index (χ0v) is 10.4. The first-order valence-electron chi connectivity index (χ1n) is 6.49. The molecule has 2 fully saturated rings. The summed E-state index contributed by atoms with van der Waals surface area (Å²) in [7, 11) is 0. The summed E-state index contributed by atoms with van der Waals surface area (Å²) in [5, 5.41) is 0. The van der Waals surface area contributed by atoms with Crippen molar-refractivity contribution in [3.63, 3.8) is 0 Å². The zero-order chi connectivity index (χ0) is 12.5. The second kappa shape index (κ2) is 4.57. The van der Waals surface area contributed by atoms with Crippen LogP contribution < -0.4 is 5.73 Å². The number of hydrogen-bond acceptors (Lipinski definition) is 4. The van der Waals surface area contributed by atoms with Crippen molar-refractivity contribution in [2.45, 2.75) is 18.9 Å². The number of piperazine rings is 1. The van der Waals surface area contributed by atoms with E-state index in [2.05, 4.69) is 9.88 Å². The Kier molecular flexibility index (Phi) is 2.91. The lowest BCUT2D eigenvalue weighted by molar-refractivity contribution is 0.0628. The Bertz CT molecular complexity index is 450. The summed E-state index contributed by atoms with van der Waals surface area (Å²) in [5.41, 5.74) is 6.27. The van der Waals surface area contributed by atoms with E-state index in [9.17, 15) is 4.79 Å². The van der Waals surface area contributed by atoms with Gasteiger partial charge in [0.05, 0.1) is 5.56 Å². The predicted octanol–water partition coefficient (Wildman–Crippen LogP) is 0.584. The van der Waals surface area contributed by atoms with Crippen LogP contribution in [-0.4, -0.2) is 52.9 Å². The van der Waals surface area contributed by atoms with Crippen molar-refractivity contribution >= 4 is 11.7 Å². The van der Waals surface area contributed by atoms with Crippen LogP contribution in [0.4, 0.5) is 5.82 Å². The van der Waals surface area contributed by atoms with Crippen molar-refractivity contribution in [2.75, 3.05) is 31.9 Å². The second-order valence-corrected chi connectivity index (χ2v) is 5.00. The summed E-state index contributed by atoms with van der Waals surface area (Å²) in [6.45, 7) is 3.56. The minimum Gasteiger partial charge on any atom is -0.383 e. The van der Waals surface area contributed by atoms with Crippen LogP contribution in [0, 0.1) is 0 Å². The SMILES string of the molecule is Nc1ncccc1C(=O)N1CCN(C2CC2)CC1. The summed E-state index contributed by atoms with van der Waals surface area (Å²) in [4.78, 5) is 20.6. The van der Waals surface area contributed by atoms with Crippen LogP contribution in [-0.2, 0) is 0 Å². The Labute approximate surface area is 107 Å². The van der Waals surface area contributed by atoms with E-state index in [1.807, 2.05) is 4.90 Å². The molecule has 0 atom stereocenters. The van der Waals surface area contributed by atoms with E-state index < -0.39 is 0 Å². The summed E-state index contributed by atoms with van der Waals surface area (Å²) < 4.78 is 0. The first-order chi connectivity index (χ1) is 8.75. The van der Waals surface area contributed by atoms with E-state index >= 15 is 0 Å². The molecule has 0 unspecified atom stereocenters. The molecule has 96 valence electrons. The van der Waals surface area contributed by atoms with Gasteiger partial charge in [0.1, 0.15) is 5.82 Å². The molecule has 2 N–H and O–H groups in total. The average Bonchev–Trinajstić information content (AvgIpc) is 3.23. The molecule has 18 heavy (non-hydrogen) atoms. The van der Waals surface area contributed by atoms with Gasteiger partial charge in [-0.3, -0.25) is 9.69 Å². The van der Waals surface area contributed by atoms with Gasteiger partial charge in [0.2, 0.25) is 0 Å². The highest BCUT2D eigenvalue weighted by Crippen LogP contribution is 2.27. The van der Waals surface area contributed by atoms with Crippen LogP contribution in [0.25, 0.3) is 0 Å². The first-order valence-corrected chi connectivity index (χ1v) is 6.49. The summed E-state index contributed by atoms with van der Waals surface area (Å²) in [6, 6.07) is 4.29. The Balaban J connectivity index is 1.65. The molecular weight excluding hydrogens is 228 g/mol. The third-order valence-electron chi connectivity index (χ3n) is 3.73. The molecule has 3 rings (SSSR count). The molecule has 0 radical (unpaired) electrons. The molecule has 0 spiro atoms. The maximum Gasteiger partial charge on any atom is 0.257 e. The van der Waals surface area contributed by atoms with E-state index in [0.717, 1.165) is 32.2 Å². The Hall–Kier alpha value is -1.62. The monoisotopic (exact) mass is 246 g/mol. The highest BCUT2D eigenvalue weighted by Gasteiger charge is 2.32. The molecule has 1 saturated heterocycles. The topological polar surface area (TPSA) is 62.5 Å².